The zero-order valence-corrected chi connectivity index (χ0v) is 23.8. The molecular weight excluding hydrogens is 550 g/mol. The summed E-state index contributed by atoms with van der Waals surface area (Å²) in [4.78, 5) is 56.7. The van der Waals surface area contributed by atoms with Gasteiger partial charge in [0, 0.05) is 29.8 Å². The fourth-order valence-electron chi connectivity index (χ4n) is 5.25. The highest BCUT2D eigenvalue weighted by atomic mass is 32.1. The molecule has 0 amide bonds. The first kappa shape index (κ1) is 28.5. The second-order valence-corrected chi connectivity index (χ2v) is 11.4. The predicted molar refractivity (Wildman–Crippen MR) is 151 cm³/mol. The molecule has 0 saturated heterocycles. The number of benzene rings is 1. The van der Waals surface area contributed by atoms with Gasteiger partial charge in [0.05, 0.1) is 42.8 Å². The van der Waals surface area contributed by atoms with E-state index in [2.05, 4.69) is 4.98 Å². The minimum absolute atomic E-state index is 0.0207. The number of carbonyl (C=O) groups excluding carboxylic acids is 1. The summed E-state index contributed by atoms with van der Waals surface area (Å²) in [5.41, 5.74) is -0.0681. The average Bonchev–Trinajstić information content (AvgIpc) is 3.61. The Labute approximate surface area is 239 Å². The van der Waals surface area contributed by atoms with Crippen molar-refractivity contribution < 1.29 is 28.6 Å². The van der Waals surface area contributed by atoms with Crippen molar-refractivity contribution in [2.24, 2.45) is 5.92 Å². The lowest BCUT2D eigenvalue weighted by molar-refractivity contribution is -0.141. The Morgan fingerprint density at radius 2 is 1.90 bits per heavy atom. The lowest BCUT2D eigenvalue weighted by atomic mass is 9.96. The van der Waals surface area contributed by atoms with Gasteiger partial charge in [-0.25, -0.2) is 9.78 Å². The number of aromatic nitrogens is 3. The van der Waals surface area contributed by atoms with Crippen LogP contribution in [0.1, 0.15) is 49.2 Å². The Bertz CT molecular complexity index is 1690. The molecule has 2 atom stereocenters. The van der Waals surface area contributed by atoms with Crippen molar-refractivity contribution >= 4 is 33.3 Å². The summed E-state index contributed by atoms with van der Waals surface area (Å²) in [5.74, 6) is -1.11. The number of rotatable bonds is 10. The number of ketones is 1. The minimum atomic E-state index is -1.13. The first-order valence-electron chi connectivity index (χ1n) is 13.4. The molecule has 0 aliphatic heterocycles. The molecule has 0 radical (unpaired) electrons. The molecule has 1 N–H and O–H groups in total. The summed E-state index contributed by atoms with van der Waals surface area (Å²) < 4.78 is 20.2. The van der Waals surface area contributed by atoms with E-state index in [0.29, 0.717) is 47.4 Å². The van der Waals surface area contributed by atoms with Crippen molar-refractivity contribution in [1.29, 1.82) is 0 Å². The number of hydrogen-bond acceptors (Lipinski definition) is 9. The molecule has 12 heteroatoms. The predicted octanol–water partition coefficient (Wildman–Crippen LogP) is 4.19. The number of hydrogen-bond donors (Lipinski definition) is 1. The molecule has 1 unspecified atom stereocenters. The fraction of sp³-hybridized carbons (Fsp3) is 0.414. The number of carboxylic acid groups (broad SMARTS) is 1. The summed E-state index contributed by atoms with van der Waals surface area (Å²) >= 11 is 1.26. The number of fused-ring (bicyclic) bond motifs is 1. The Hall–Kier alpha value is -4.03. The van der Waals surface area contributed by atoms with Gasteiger partial charge in [0.2, 0.25) is 5.89 Å². The first-order valence-corrected chi connectivity index (χ1v) is 14.2. The van der Waals surface area contributed by atoms with Crippen molar-refractivity contribution in [3.05, 3.63) is 68.0 Å². The number of methoxy groups -OCH3 is 1. The molecule has 3 aromatic heterocycles. The molecule has 41 heavy (non-hydrogen) atoms. The molecule has 11 nitrogen and oxygen atoms in total. The Morgan fingerprint density at radius 3 is 2.56 bits per heavy atom. The normalized spacial score (nSPS) is 15.7. The van der Waals surface area contributed by atoms with Crippen LogP contribution < -0.4 is 16.0 Å². The first-order chi connectivity index (χ1) is 19.7. The van der Waals surface area contributed by atoms with E-state index in [4.69, 9.17) is 13.9 Å². The lowest BCUT2D eigenvalue weighted by Gasteiger charge is -2.29. The number of ether oxygens (including phenoxy) is 2. The van der Waals surface area contributed by atoms with E-state index in [-0.39, 0.29) is 36.3 Å². The van der Waals surface area contributed by atoms with E-state index in [1.165, 1.54) is 35.3 Å². The molecule has 1 aliphatic carbocycles. The van der Waals surface area contributed by atoms with Crippen LogP contribution in [0.15, 0.2) is 50.7 Å². The highest BCUT2D eigenvalue weighted by molar-refractivity contribution is 7.19. The van der Waals surface area contributed by atoms with Crippen molar-refractivity contribution in [2.45, 2.75) is 64.8 Å². The van der Waals surface area contributed by atoms with E-state index < -0.39 is 29.2 Å². The van der Waals surface area contributed by atoms with Crippen LogP contribution in [-0.2, 0) is 27.4 Å². The van der Waals surface area contributed by atoms with Crippen molar-refractivity contribution in [3.63, 3.8) is 0 Å². The summed E-state index contributed by atoms with van der Waals surface area (Å²) in [7, 11) is 1.55. The Balaban J connectivity index is 1.70. The second-order valence-electron chi connectivity index (χ2n) is 10.2. The van der Waals surface area contributed by atoms with Gasteiger partial charge < -0.3 is 19.0 Å². The standard InChI is InChI=1S/C29H31N3O8S/c1-16(28(35)36)14-31-26(34)24-23(25-30-12-13-39-25)17(2)41-27(24)32(29(31)37)15-22(20-6-4-5-7-21(20)38-3)40-19-10-8-18(33)9-11-19/h4-7,12-13,16,19,22H,8-11,14-15H2,1-3H3,(H,35,36)/t16-,22?/m1/s1. The van der Waals surface area contributed by atoms with Gasteiger partial charge in [0.15, 0.2) is 0 Å². The third-order valence-electron chi connectivity index (χ3n) is 7.44. The van der Waals surface area contributed by atoms with E-state index in [0.717, 1.165) is 9.44 Å². The summed E-state index contributed by atoms with van der Waals surface area (Å²) in [6.45, 7) is 2.97. The smallest absolute Gasteiger partial charge is 0.332 e. The zero-order chi connectivity index (χ0) is 29.3. The molecule has 0 bridgehead atoms. The minimum Gasteiger partial charge on any atom is -0.496 e. The number of carboxylic acids is 1. The van der Waals surface area contributed by atoms with E-state index in [9.17, 15) is 24.3 Å². The van der Waals surface area contributed by atoms with Crippen molar-refractivity contribution in [3.8, 4) is 17.2 Å². The van der Waals surface area contributed by atoms with Crippen molar-refractivity contribution in [2.75, 3.05) is 7.11 Å². The van der Waals surface area contributed by atoms with Crippen LogP contribution in [0.25, 0.3) is 21.7 Å². The average molecular weight is 582 g/mol. The Kier molecular flexibility index (Phi) is 8.22. The SMILES string of the molecule is COc1ccccc1C(Cn1c(=O)n(C[C@@H](C)C(=O)O)c(=O)c2c(-c3ncco3)c(C)sc21)OC1CCC(=O)CC1. The van der Waals surface area contributed by atoms with Gasteiger partial charge in [-0.05, 0) is 25.8 Å². The summed E-state index contributed by atoms with van der Waals surface area (Å²) in [5, 5.41) is 9.80. The van der Waals surface area contributed by atoms with E-state index in [1.807, 2.05) is 25.1 Å². The van der Waals surface area contributed by atoms with Crippen LogP contribution in [-0.4, -0.2) is 44.2 Å². The molecule has 1 saturated carbocycles. The molecule has 0 spiro atoms. The van der Waals surface area contributed by atoms with E-state index in [1.54, 1.807) is 13.2 Å². The van der Waals surface area contributed by atoms with Crippen molar-refractivity contribution in [1.82, 2.24) is 14.1 Å². The van der Waals surface area contributed by atoms with Crippen LogP contribution in [0.2, 0.25) is 0 Å². The summed E-state index contributed by atoms with van der Waals surface area (Å²) in [6, 6.07) is 7.35. The Morgan fingerprint density at radius 1 is 1.17 bits per heavy atom. The maximum Gasteiger partial charge on any atom is 0.332 e. The third kappa shape index (κ3) is 5.62. The number of oxazole rings is 1. The summed E-state index contributed by atoms with van der Waals surface area (Å²) in [6.07, 6.45) is 3.98. The highest BCUT2D eigenvalue weighted by Crippen LogP contribution is 2.37. The lowest BCUT2D eigenvalue weighted by Crippen LogP contribution is -2.42. The molecular formula is C29H31N3O8S. The fourth-order valence-corrected chi connectivity index (χ4v) is 6.38. The monoisotopic (exact) mass is 581 g/mol. The van der Waals surface area contributed by atoms with Crippen LogP contribution in [0.3, 0.4) is 0 Å². The number of Topliss-reactive ketones (excluding diaryl/α,β-unsaturated/α-hetero) is 1. The molecule has 1 aliphatic rings. The highest BCUT2D eigenvalue weighted by Gasteiger charge is 2.30. The third-order valence-corrected chi connectivity index (χ3v) is 8.57. The number of thiophene rings is 1. The van der Waals surface area contributed by atoms with Gasteiger partial charge in [-0.2, -0.15) is 0 Å². The van der Waals surface area contributed by atoms with Gasteiger partial charge >= 0.3 is 11.7 Å². The topological polar surface area (TPSA) is 143 Å². The van der Waals surface area contributed by atoms with Gasteiger partial charge in [-0.1, -0.05) is 25.1 Å². The van der Waals surface area contributed by atoms with Crippen LogP contribution >= 0.6 is 11.3 Å². The van der Waals surface area contributed by atoms with Crippen LogP contribution in [0.5, 0.6) is 5.75 Å². The van der Waals surface area contributed by atoms with Crippen LogP contribution in [0, 0.1) is 12.8 Å². The molecule has 1 aromatic carbocycles. The number of para-hydroxylation sites is 1. The number of carbonyl (C=O) groups is 2. The van der Waals surface area contributed by atoms with Gasteiger partial charge in [0.1, 0.15) is 28.7 Å². The number of aliphatic carboxylic acids is 1. The number of aryl methyl sites for hydroxylation is 1. The molecule has 4 aromatic rings. The van der Waals surface area contributed by atoms with Crippen LogP contribution in [0.4, 0.5) is 0 Å². The van der Waals surface area contributed by atoms with Gasteiger partial charge in [0.25, 0.3) is 5.56 Å². The molecule has 216 valence electrons. The maximum absolute atomic E-state index is 14.0. The van der Waals surface area contributed by atoms with Gasteiger partial charge in [-0.3, -0.25) is 23.5 Å². The van der Waals surface area contributed by atoms with Gasteiger partial charge in [-0.15, -0.1) is 11.3 Å². The number of nitrogens with zero attached hydrogens (tertiary/aromatic N) is 3. The quantitative estimate of drug-likeness (QED) is 0.292. The molecule has 5 rings (SSSR count). The second kappa shape index (κ2) is 11.8. The largest absolute Gasteiger partial charge is 0.496 e. The van der Waals surface area contributed by atoms with E-state index >= 15 is 0 Å². The molecule has 1 fully saturated rings. The maximum atomic E-state index is 14.0. The zero-order valence-electron chi connectivity index (χ0n) is 23.0. The molecule has 3 heterocycles.